The van der Waals surface area contributed by atoms with E-state index in [2.05, 4.69) is 27.1 Å². The molecule has 0 bridgehead atoms. The van der Waals surface area contributed by atoms with Crippen LogP contribution >= 0.6 is 0 Å². The number of anilines is 2. The first kappa shape index (κ1) is 13.1. The van der Waals surface area contributed by atoms with Gasteiger partial charge in [-0.05, 0) is 26.1 Å². The molecule has 1 aliphatic heterocycles. The third kappa shape index (κ3) is 3.58. The van der Waals surface area contributed by atoms with Crippen LogP contribution < -0.4 is 11.1 Å². The van der Waals surface area contributed by atoms with Crippen LogP contribution in [-0.2, 0) is 0 Å². The molecule has 0 radical (unpaired) electrons. The molecular formula is C13H23N5. The van der Waals surface area contributed by atoms with E-state index in [9.17, 15) is 0 Å². The van der Waals surface area contributed by atoms with Gasteiger partial charge in [0, 0.05) is 39.3 Å². The van der Waals surface area contributed by atoms with Gasteiger partial charge in [-0.25, -0.2) is 4.98 Å². The van der Waals surface area contributed by atoms with Crippen molar-refractivity contribution in [1.29, 1.82) is 0 Å². The molecule has 2 heterocycles. The molecule has 0 amide bonds. The lowest BCUT2D eigenvalue weighted by molar-refractivity contribution is 0.158. The number of nitrogens with two attached hydrogens (primary N) is 1. The van der Waals surface area contributed by atoms with Crippen molar-refractivity contribution < 1.29 is 0 Å². The fourth-order valence-electron chi connectivity index (χ4n) is 2.08. The van der Waals surface area contributed by atoms with Crippen molar-refractivity contribution in [3.8, 4) is 0 Å². The molecule has 1 fully saturated rings. The Balaban J connectivity index is 1.73. The third-order valence-electron chi connectivity index (χ3n) is 3.46. The Kier molecular flexibility index (Phi) is 4.38. The highest BCUT2D eigenvalue weighted by atomic mass is 15.2. The van der Waals surface area contributed by atoms with E-state index in [0.717, 1.165) is 43.4 Å². The highest BCUT2D eigenvalue weighted by Gasteiger charge is 2.12. The molecule has 1 saturated heterocycles. The Morgan fingerprint density at radius 3 is 2.67 bits per heavy atom. The van der Waals surface area contributed by atoms with E-state index in [1.165, 1.54) is 13.1 Å². The lowest BCUT2D eigenvalue weighted by Gasteiger charge is -2.32. The number of nitrogen functional groups attached to an aromatic ring is 1. The van der Waals surface area contributed by atoms with Crippen molar-refractivity contribution in [3.63, 3.8) is 0 Å². The predicted molar refractivity (Wildman–Crippen MR) is 75.8 cm³/mol. The summed E-state index contributed by atoms with van der Waals surface area (Å²) in [6, 6.07) is 3.84. The zero-order valence-electron chi connectivity index (χ0n) is 11.3. The van der Waals surface area contributed by atoms with Gasteiger partial charge in [-0.1, -0.05) is 0 Å². The van der Waals surface area contributed by atoms with E-state index in [0.29, 0.717) is 0 Å². The number of hydrogen-bond acceptors (Lipinski definition) is 5. The fraction of sp³-hybridized carbons (Fsp3) is 0.615. The van der Waals surface area contributed by atoms with Gasteiger partial charge >= 0.3 is 0 Å². The fourth-order valence-corrected chi connectivity index (χ4v) is 2.08. The molecule has 0 aliphatic carbocycles. The maximum absolute atomic E-state index is 5.74. The number of aryl methyl sites for hydroxylation is 1. The standard InChI is InChI=1S/C13H23N5/c1-11-12(14)3-4-13(16-11)15-5-6-18-9-7-17(2)8-10-18/h3-4H,5-10,14H2,1-2H3,(H,15,16). The molecule has 0 atom stereocenters. The molecule has 2 rings (SSSR count). The van der Waals surface area contributed by atoms with E-state index in [4.69, 9.17) is 5.73 Å². The minimum Gasteiger partial charge on any atom is -0.397 e. The van der Waals surface area contributed by atoms with Gasteiger partial charge in [-0.15, -0.1) is 0 Å². The first-order valence-corrected chi connectivity index (χ1v) is 6.53. The summed E-state index contributed by atoms with van der Waals surface area (Å²) in [7, 11) is 2.18. The van der Waals surface area contributed by atoms with E-state index in [1.807, 2.05) is 19.1 Å². The van der Waals surface area contributed by atoms with Crippen molar-refractivity contribution in [2.45, 2.75) is 6.92 Å². The summed E-state index contributed by atoms with van der Waals surface area (Å²) < 4.78 is 0. The van der Waals surface area contributed by atoms with Crippen molar-refractivity contribution >= 4 is 11.5 Å². The number of piperazine rings is 1. The largest absolute Gasteiger partial charge is 0.397 e. The van der Waals surface area contributed by atoms with Crippen LogP contribution in [0.15, 0.2) is 12.1 Å². The highest BCUT2D eigenvalue weighted by Crippen LogP contribution is 2.11. The van der Waals surface area contributed by atoms with Crippen LogP contribution in [0.3, 0.4) is 0 Å². The molecule has 1 aliphatic rings. The maximum Gasteiger partial charge on any atom is 0.126 e. The van der Waals surface area contributed by atoms with Gasteiger partial charge in [0.25, 0.3) is 0 Å². The second-order valence-corrected chi connectivity index (χ2v) is 4.94. The number of pyridine rings is 1. The van der Waals surface area contributed by atoms with Gasteiger partial charge < -0.3 is 16.0 Å². The molecule has 0 saturated carbocycles. The Labute approximate surface area is 109 Å². The molecule has 0 spiro atoms. The van der Waals surface area contributed by atoms with Crippen LogP contribution in [0.1, 0.15) is 5.69 Å². The first-order valence-electron chi connectivity index (χ1n) is 6.53. The summed E-state index contributed by atoms with van der Waals surface area (Å²) in [4.78, 5) is 9.26. The Hall–Kier alpha value is -1.33. The summed E-state index contributed by atoms with van der Waals surface area (Å²) in [5, 5.41) is 3.35. The van der Waals surface area contributed by atoms with E-state index < -0.39 is 0 Å². The Morgan fingerprint density at radius 1 is 1.28 bits per heavy atom. The SMILES string of the molecule is Cc1nc(NCCN2CCN(C)CC2)ccc1N. The maximum atomic E-state index is 5.74. The van der Waals surface area contributed by atoms with Gasteiger partial charge in [0.05, 0.1) is 11.4 Å². The molecule has 0 aromatic carbocycles. The lowest BCUT2D eigenvalue weighted by atomic mass is 10.3. The minimum absolute atomic E-state index is 0.750. The van der Waals surface area contributed by atoms with Crippen molar-refractivity contribution in [1.82, 2.24) is 14.8 Å². The molecule has 18 heavy (non-hydrogen) atoms. The quantitative estimate of drug-likeness (QED) is 0.820. The topological polar surface area (TPSA) is 57.4 Å². The summed E-state index contributed by atoms with van der Waals surface area (Å²) >= 11 is 0. The summed E-state index contributed by atoms with van der Waals surface area (Å²) in [5.74, 6) is 0.913. The molecule has 100 valence electrons. The molecule has 3 N–H and O–H groups in total. The number of hydrogen-bond donors (Lipinski definition) is 2. The average Bonchev–Trinajstić information content (AvgIpc) is 2.36. The number of aromatic nitrogens is 1. The molecule has 5 nitrogen and oxygen atoms in total. The highest BCUT2D eigenvalue weighted by molar-refractivity contribution is 5.48. The van der Waals surface area contributed by atoms with Crippen LogP contribution in [0.25, 0.3) is 0 Å². The van der Waals surface area contributed by atoms with Crippen LogP contribution in [0.5, 0.6) is 0 Å². The summed E-state index contributed by atoms with van der Waals surface area (Å²) in [5.41, 5.74) is 7.38. The molecule has 0 unspecified atom stereocenters. The summed E-state index contributed by atoms with van der Waals surface area (Å²) in [6.45, 7) is 8.58. The number of nitrogens with zero attached hydrogens (tertiary/aromatic N) is 3. The van der Waals surface area contributed by atoms with Crippen LogP contribution in [0, 0.1) is 6.92 Å². The van der Waals surface area contributed by atoms with Gasteiger partial charge in [0.2, 0.25) is 0 Å². The van der Waals surface area contributed by atoms with Gasteiger partial charge in [-0.3, -0.25) is 4.90 Å². The smallest absolute Gasteiger partial charge is 0.126 e. The number of rotatable bonds is 4. The molecule has 5 heteroatoms. The molecule has 1 aromatic rings. The number of likely N-dealkylation sites (N-methyl/N-ethyl adjacent to an activating group) is 1. The predicted octanol–water partition coefficient (Wildman–Crippen LogP) is 0.632. The second kappa shape index (κ2) is 6.02. The van der Waals surface area contributed by atoms with E-state index in [-0.39, 0.29) is 0 Å². The Bertz CT molecular complexity index is 385. The number of nitrogens with one attached hydrogen (secondary N) is 1. The monoisotopic (exact) mass is 249 g/mol. The normalized spacial score (nSPS) is 17.9. The molecular weight excluding hydrogens is 226 g/mol. The van der Waals surface area contributed by atoms with Crippen molar-refractivity contribution in [3.05, 3.63) is 17.8 Å². The average molecular weight is 249 g/mol. The van der Waals surface area contributed by atoms with Gasteiger partial charge in [-0.2, -0.15) is 0 Å². The van der Waals surface area contributed by atoms with Gasteiger partial charge in [0.1, 0.15) is 5.82 Å². The lowest BCUT2D eigenvalue weighted by Crippen LogP contribution is -2.45. The van der Waals surface area contributed by atoms with Crippen molar-refractivity contribution in [2.24, 2.45) is 0 Å². The van der Waals surface area contributed by atoms with E-state index in [1.54, 1.807) is 0 Å². The minimum atomic E-state index is 0.750. The zero-order chi connectivity index (χ0) is 13.0. The summed E-state index contributed by atoms with van der Waals surface area (Å²) in [6.07, 6.45) is 0. The van der Waals surface area contributed by atoms with E-state index >= 15 is 0 Å². The first-order chi connectivity index (χ1) is 8.65. The van der Waals surface area contributed by atoms with Gasteiger partial charge in [0.15, 0.2) is 0 Å². The second-order valence-electron chi connectivity index (χ2n) is 4.94. The zero-order valence-corrected chi connectivity index (χ0v) is 11.3. The van der Waals surface area contributed by atoms with Crippen LogP contribution in [0.2, 0.25) is 0 Å². The van der Waals surface area contributed by atoms with Crippen LogP contribution in [-0.4, -0.2) is 61.1 Å². The Morgan fingerprint density at radius 2 is 2.00 bits per heavy atom. The third-order valence-corrected chi connectivity index (χ3v) is 3.46. The molecule has 1 aromatic heterocycles. The van der Waals surface area contributed by atoms with Crippen molar-refractivity contribution in [2.75, 3.05) is 57.4 Å². The van der Waals surface area contributed by atoms with Crippen LogP contribution in [0.4, 0.5) is 11.5 Å².